The number of hydrogen-bond acceptors (Lipinski definition) is 8. The van der Waals surface area contributed by atoms with Gasteiger partial charge in [-0.3, -0.25) is 9.69 Å². The van der Waals surface area contributed by atoms with Gasteiger partial charge in [-0.15, -0.1) is 0 Å². The third-order valence-corrected chi connectivity index (χ3v) is 8.33. The molecule has 11 nitrogen and oxygen atoms in total. The molecule has 0 saturated carbocycles. The molecular weight excluding hydrogens is 496 g/mol. The molecule has 0 aromatic carbocycles. The summed E-state index contributed by atoms with van der Waals surface area (Å²) in [4.78, 5) is 43.1. The lowest BCUT2D eigenvalue weighted by atomic mass is 9.98. The molecule has 0 radical (unpaired) electrons. The topological polar surface area (TPSA) is 129 Å². The highest BCUT2D eigenvalue weighted by molar-refractivity contribution is 5.95. The van der Waals surface area contributed by atoms with Gasteiger partial charge in [0.15, 0.2) is 0 Å². The molecule has 2 atom stereocenters. The van der Waals surface area contributed by atoms with Gasteiger partial charge in [0.05, 0.1) is 5.56 Å². The van der Waals surface area contributed by atoms with E-state index in [2.05, 4.69) is 46.3 Å². The maximum Gasteiger partial charge on any atom is 0.352 e. The number of carbonyl (C=O) groups is 2. The van der Waals surface area contributed by atoms with E-state index >= 15 is 0 Å². The highest BCUT2D eigenvalue weighted by Crippen LogP contribution is 2.32. The molecule has 6 rings (SSSR count). The number of anilines is 2. The van der Waals surface area contributed by atoms with Crippen LogP contribution in [0.4, 0.5) is 11.8 Å². The van der Waals surface area contributed by atoms with Crippen molar-refractivity contribution in [3.8, 4) is 0 Å². The largest absolute Gasteiger partial charge is 0.477 e. The molecule has 2 unspecified atom stereocenters. The molecule has 11 heteroatoms. The molecule has 3 aromatic heterocycles. The smallest absolute Gasteiger partial charge is 0.352 e. The predicted molar refractivity (Wildman–Crippen MR) is 147 cm³/mol. The van der Waals surface area contributed by atoms with Crippen molar-refractivity contribution in [1.29, 1.82) is 0 Å². The fourth-order valence-electron chi connectivity index (χ4n) is 6.25. The van der Waals surface area contributed by atoms with Gasteiger partial charge in [-0.05, 0) is 64.7 Å². The molecule has 206 valence electrons. The van der Waals surface area contributed by atoms with Crippen molar-refractivity contribution < 1.29 is 14.7 Å². The highest BCUT2D eigenvalue weighted by atomic mass is 16.4. The number of carbonyl (C=O) groups excluding carboxylic acids is 1. The number of fused-ring (bicyclic) bond motifs is 3. The Morgan fingerprint density at radius 1 is 1.03 bits per heavy atom. The molecule has 39 heavy (non-hydrogen) atoms. The SMILES string of the molecule is CC(C)(C)N1CCC(n2c(C(=O)O)cc3cnc(Nc4ccc(C(=O)N5CC6CCC(C5)N6)cn4)nc32)CC1. The number of piperidine rings is 1. The first-order valence-corrected chi connectivity index (χ1v) is 13.8. The Morgan fingerprint density at radius 2 is 1.74 bits per heavy atom. The second-order valence-corrected chi connectivity index (χ2v) is 12.0. The van der Waals surface area contributed by atoms with E-state index in [-0.39, 0.29) is 23.2 Å². The first-order valence-electron chi connectivity index (χ1n) is 13.8. The fraction of sp³-hybridized carbons (Fsp3) is 0.536. The number of pyridine rings is 1. The van der Waals surface area contributed by atoms with Crippen LogP contribution in [0.5, 0.6) is 0 Å². The van der Waals surface area contributed by atoms with Crippen LogP contribution in [0, 0.1) is 0 Å². The Balaban J connectivity index is 1.20. The maximum atomic E-state index is 13.0. The van der Waals surface area contributed by atoms with Crippen molar-refractivity contribution in [3.63, 3.8) is 0 Å². The minimum Gasteiger partial charge on any atom is -0.477 e. The monoisotopic (exact) mass is 532 g/mol. The summed E-state index contributed by atoms with van der Waals surface area (Å²) in [7, 11) is 0. The van der Waals surface area contributed by atoms with Gasteiger partial charge >= 0.3 is 5.97 Å². The predicted octanol–water partition coefficient (Wildman–Crippen LogP) is 3.28. The number of nitrogens with zero attached hydrogens (tertiary/aromatic N) is 6. The van der Waals surface area contributed by atoms with Crippen LogP contribution in [0.2, 0.25) is 0 Å². The first-order chi connectivity index (χ1) is 18.7. The van der Waals surface area contributed by atoms with Gasteiger partial charge < -0.3 is 25.2 Å². The van der Waals surface area contributed by atoms with Crippen LogP contribution < -0.4 is 10.6 Å². The minimum atomic E-state index is -0.972. The summed E-state index contributed by atoms with van der Waals surface area (Å²) in [6.45, 7) is 9.87. The van der Waals surface area contributed by atoms with E-state index in [1.165, 1.54) is 0 Å². The van der Waals surface area contributed by atoms with E-state index in [1.54, 1.807) is 30.6 Å². The molecule has 2 bridgehead atoms. The van der Waals surface area contributed by atoms with Gasteiger partial charge in [-0.1, -0.05) is 0 Å². The first kappa shape index (κ1) is 25.7. The summed E-state index contributed by atoms with van der Waals surface area (Å²) >= 11 is 0. The van der Waals surface area contributed by atoms with E-state index in [4.69, 9.17) is 4.98 Å². The lowest BCUT2D eigenvalue weighted by Gasteiger charge is -2.41. The van der Waals surface area contributed by atoms with Gasteiger partial charge in [-0.25, -0.2) is 14.8 Å². The van der Waals surface area contributed by atoms with Crippen LogP contribution in [-0.4, -0.2) is 90.1 Å². The van der Waals surface area contributed by atoms with Crippen LogP contribution in [0.25, 0.3) is 11.0 Å². The van der Waals surface area contributed by atoms with Gasteiger partial charge in [0.1, 0.15) is 17.2 Å². The Kier molecular flexibility index (Phi) is 6.50. The number of aromatic carboxylic acids is 1. The minimum absolute atomic E-state index is 0.00153. The average molecular weight is 533 g/mol. The second kappa shape index (κ2) is 9.87. The molecule has 1 amide bonds. The summed E-state index contributed by atoms with van der Waals surface area (Å²) in [5.41, 5.74) is 1.46. The zero-order valence-corrected chi connectivity index (χ0v) is 22.7. The third kappa shape index (κ3) is 5.08. The van der Waals surface area contributed by atoms with Gasteiger partial charge in [0.2, 0.25) is 5.95 Å². The Hall–Kier alpha value is -3.57. The van der Waals surface area contributed by atoms with Crippen molar-refractivity contribution in [2.24, 2.45) is 0 Å². The van der Waals surface area contributed by atoms with Gasteiger partial charge in [0, 0.05) is 67.6 Å². The van der Waals surface area contributed by atoms with E-state index in [9.17, 15) is 14.7 Å². The summed E-state index contributed by atoms with van der Waals surface area (Å²) in [6, 6.07) is 5.99. The molecule has 3 aliphatic rings. The molecular formula is C28H36N8O3. The highest BCUT2D eigenvalue weighted by Gasteiger charge is 2.35. The summed E-state index contributed by atoms with van der Waals surface area (Å²) in [6.07, 6.45) is 7.16. The number of likely N-dealkylation sites (tertiary alicyclic amines) is 2. The third-order valence-electron chi connectivity index (χ3n) is 8.33. The summed E-state index contributed by atoms with van der Waals surface area (Å²) < 4.78 is 1.86. The summed E-state index contributed by atoms with van der Waals surface area (Å²) in [5, 5.41) is 17.3. The number of carboxylic acid groups (broad SMARTS) is 1. The van der Waals surface area contributed by atoms with Crippen molar-refractivity contribution >= 4 is 34.7 Å². The Bertz CT molecular complexity index is 1380. The van der Waals surface area contributed by atoms with Crippen molar-refractivity contribution in [2.45, 2.75) is 70.1 Å². The standard InChI is InChI=1S/C28H36N8O3/c1-28(2,3)35-10-8-21(9-11-35)36-22(26(38)39)12-18-14-30-27(33-24(18)36)32-23-7-4-17(13-29-23)25(37)34-15-19-5-6-20(16-34)31-19/h4,7,12-14,19-21,31H,5-6,8-11,15-16H2,1-3H3,(H,38,39)(H,29,30,32,33). The molecule has 0 aliphatic carbocycles. The van der Waals surface area contributed by atoms with Crippen LogP contribution in [0.15, 0.2) is 30.6 Å². The number of carboxylic acids is 1. The zero-order valence-electron chi connectivity index (χ0n) is 22.7. The van der Waals surface area contributed by atoms with Gasteiger partial charge in [-0.2, -0.15) is 4.98 Å². The maximum absolute atomic E-state index is 13.0. The van der Waals surface area contributed by atoms with E-state index in [0.29, 0.717) is 40.4 Å². The zero-order chi connectivity index (χ0) is 27.3. The average Bonchev–Trinajstić information content (AvgIpc) is 3.47. The van der Waals surface area contributed by atoms with E-state index < -0.39 is 5.97 Å². The Morgan fingerprint density at radius 3 is 2.36 bits per heavy atom. The normalized spacial score (nSPS) is 22.4. The van der Waals surface area contributed by atoms with Crippen molar-refractivity contribution in [3.05, 3.63) is 41.9 Å². The number of piperazine rings is 1. The molecule has 3 aromatic rings. The molecule has 6 heterocycles. The number of rotatable bonds is 5. The van der Waals surface area contributed by atoms with Crippen LogP contribution in [0.1, 0.15) is 73.3 Å². The quantitative estimate of drug-likeness (QED) is 0.453. The fourth-order valence-corrected chi connectivity index (χ4v) is 6.25. The van der Waals surface area contributed by atoms with E-state index in [0.717, 1.165) is 51.9 Å². The Labute approximate surface area is 227 Å². The molecule has 3 aliphatic heterocycles. The number of hydrogen-bond donors (Lipinski definition) is 3. The number of aromatic nitrogens is 4. The van der Waals surface area contributed by atoms with Crippen molar-refractivity contribution in [2.75, 3.05) is 31.5 Å². The second-order valence-electron chi connectivity index (χ2n) is 12.0. The lowest BCUT2D eigenvalue weighted by molar-refractivity contribution is 0.0662. The van der Waals surface area contributed by atoms with E-state index in [1.807, 2.05) is 9.47 Å². The van der Waals surface area contributed by atoms with Crippen LogP contribution >= 0.6 is 0 Å². The molecule has 3 saturated heterocycles. The van der Waals surface area contributed by atoms with Crippen LogP contribution in [0.3, 0.4) is 0 Å². The molecule has 3 N–H and O–H groups in total. The molecule has 0 spiro atoms. The number of nitrogens with one attached hydrogen (secondary N) is 2. The number of amides is 1. The van der Waals surface area contributed by atoms with Crippen LogP contribution in [-0.2, 0) is 0 Å². The van der Waals surface area contributed by atoms with Gasteiger partial charge in [0.25, 0.3) is 5.91 Å². The lowest BCUT2D eigenvalue weighted by Crippen LogP contribution is -2.53. The summed E-state index contributed by atoms with van der Waals surface area (Å²) in [5.74, 6) is -0.126. The van der Waals surface area contributed by atoms with Crippen molar-refractivity contribution in [1.82, 2.24) is 34.6 Å². The molecule has 3 fully saturated rings.